The molecule has 0 amide bonds. The van der Waals surface area contributed by atoms with E-state index in [2.05, 4.69) is 13.0 Å². The van der Waals surface area contributed by atoms with Gasteiger partial charge < -0.3 is 0 Å². The van der Waals surface area contributed by atoms with E-state index in [4.69, 9.17) is 12.6 Å². The lowest BCUT2D eigenvalue weighted by Crippen LogP contribution is -1.82. The standard InChI is InChI=1S/C17H33S/c1-2-3-4-5-6-7-8-9-10-11-12-13-14-15-16-17-18/h16-17H,2-15H2,1H3. The maximum Gasteiger partial charge on any atom is -0.00265 e. The zero-order valence-corrected chi connectivity index (χ0v) is 13.3. The summed E-state index contributed by atoms with van der Waals surface area (Å²) in [6, 6.07) is 0. The molecule has 0 aliphatic rings. The summed E-state index contributed by atoms with van der Waals surface area (Å²) in [7, 11) is 0. The van der Waals surface area contributed by atoms with Crippen molar-refractivity contribution in [3.05, 3.63) is 11.5 Å². The molecule has 0 spiro atoms. The van der Waals surface area contributed by atoms with Gasteiger partial charge in [0.25, 0.3) is 0 Å². The fourth-order valence-electron chi connectivity index (χ4n) is 2.35. The van der Waals surface area contributed by atoms with Gasteiger partial charge in [-0.05, 0) is 18.2 Å². The molecule has 0 unspecified atom stereocenters. The van der Waals surface area contributed by atoms with E-state index in [1.807, 2.05) is 0 Å². The highest BCUT2D eigenvalue weighted by Crippen LogP contribution is 2.12. The molecule has 0 aromatic rings. The lowest BCUT2D eigenvalue weighted by molar-refractivity contribution is 0.540. The fraction of sp³-hybridized carbons (Fsp3) is 0.882. The van der Waals surface area contributed by atoms with Crippen LogP contribution in [0.5, 0.6) is 0 Å². The Hall–Kier alpha value is -0.0400. The topological polar surface area (TPSA) is 0 Å². The molecule has 0 bridgehead atoms. The van der Waals surface area contributed by atoms with Crippen LogP contribution in [-0.2, 0) is 0 Å². The van der Waals surface area contributed by atoms with Crippen LogP contribution in [0.4, 0.5) is 0 Å². The summed E-state index contributed by atoms with van der Waals surface area (Å²) in [5.74, 6) is 0. The second kappa shape index (κ2) is 17.0. The van der Waals surface area contributed by atoms with Gasteiger partial charge in [-0.1, -0.05) is 103 Å². The van der Waals surface area contributed by atoms with Crippen molar-refractivity contribution in [2.24, 2.45) is 0 Å². The van der Waals surface area contributed by atoms with Crippen LogP contribution in [0.15, 0.2) is 11.5 Å². The van der Waals surface area contributed by atoms with E-state index >= 15 is 0 Å². The molecule has 0 nitrogen and oxygen atoms in total. The van der Waals surface area contributed by atoms with Crippen LogP contribution >= 0.6 is 12.6 Å². The first-order chi connectivity index (χ1) is 8.91. The number of hydrogen-bond acceptors (Lipinski definition) is 0. The molecule has 0 rings (SSSR count). The summed E-state index contributed by atoms with van der Waals surface area (Å²) >= 11 is 4.76. The minimum absolute atomic E-state index is 1.18. The van der Waals surface area contributed by atoms with Crippen molar-refractivity contribution >= 4 is 12.6 Å². The smallest absolute Gasteiger partial charge is 0.00265 e. The maximum atomic E-state index is 4.76. The number of unbranched alkanes of at least 4 members (excludes halogenated alkanes) is 13. The molecule has 0 atom stereocenters. The van der Waals surface area contributed by atoms with Crippen molar-refractivity contribution < 1.29 is 0 Å². The van der Waals surface area contributed by atoms with Gasteiger partial charge in [-0.3, -0.25) is 0 Å². The Morgan fingerprint density at radius 3 is 1.39 bits per heavy atom. The summed E-state index contributed by atoms with van der Waals surface area (Å²) in [6.45, 7) is 2.29. The van der Waals surface area contributed by atoms with Gasteiger partial charge in [-0.2, -0.15) is 0 Å². The first-order valence-corrected chi connectivity index (χ1v) is 8.66. The van der Waals surface area contributed by atoms with E-state index in [1.165, 1.54) is 89.9 Å². The lowest BCUT2D eigenvalue weighted by atomic mass is 10.0. The van der Waals surface area contributed by atoms with Crippen molar-refractivity contribution in [2.75, 3.05) is 0 Å². The largest absolute Gasteiger partial charge is 0.0891 e. The van der Waals surface area contributed by atoms with E-state index in [9.17, 15) is 0 Å². The number of allylic oxidation sites excluding steroid dienone is 1. The van der Waals surface area contributed by atoms with Gasteiger partial charge in [0.15, 0.2) is 0 Å². The van der Waals surface area contributed by atoms with E-state index in [-0.39, 0.29) is 0 Å². The third-order valence-corrected chi connectivity index (χ3v) is 3.76. The Balaban J connectivity index is 2.90. The van der Waals surface area contributed by atoms with E-state index in [0.29, 0.717) is 0 Å². The van der Waals surface area contributed by atoms with E-state index in [1.54, 1.807) is 5.41 Å². The van der Waals surface area contributed by atoms with Crippen molar-refractivity contribution in [2.45, 2.75) is 96.8 Å². The maximum absolute atomic E-state index is 4.76. The summed E-state index contributed by atoms with van der Waals surface area (Å²) in [5.41, 5.74) is 0. The van der Waals surface area contributed by atoms with Crippen molar-refractivity contribution in [1.82, 2.24) is 0 Å². The van der Waals surface area contributed by atoms with Crippen molar-refractivity contribution in [1.29, 1.82) is 0 Å². The zero-order chi connectivity index (χ0) is 13.3. The summed E-state index contributed by atoms with van der Waals surface area (Å²) in [5, 5.41) is 1.75. The summed E-state index contributed by atoms with van der Waals surface area (Å²) in [4.78, 5) is 0. The molecule has 0 fully saturated rings. The zero-order valence-electron chi connectivity index (χ0n) is 12.5. The quantitative estimate of drug-likeness (QED) is 0.293. The second-order valence-electron chi connectivity index (χ2n) is 5.40. The summed E-state index contributed by atoms with van der Waals surface area (Å²) < 4.78 is 0. The molecule has 0 aliphatic carbocycles. The first kappa shape index (κ1) is 18.0. The van der Waals surface area contributed by atoms with Gasteiger partial charge in [-0.25, -0.2) is 0 Å². The third-order valence-electron chi connectivity index (χ3n) is 3.57. The molecule has 0 aliphatic heterocycles. The Bertz CT molecular complexity index is 163. The highest BCUT2D eigenvalue weighted by molar-refractivity contribution is 7.83. The van der Waals surface area contributed by atoms with Gasteiger partial charge in [-0.15, -0.1) is 0 Å². The first-order valence-electron chi connectivity index (χ1n) is 8.18. The molecule has 0 saturated carbocycles. The summed E-state index contributed by atoms with van der Waals surface area (Å²) in [6.07, 6.45) is 21.9. The van der Waals surface area contributed by atoms with Gasteiger partial charge in [0.2, 0.25) is 0 Å². The van der Waals surface area contributed by atoms with Gasteiger partial charge in [0.05, 0.1) is 0 Å². The van der Waals surface area contributed by atoms with Crippen LogP contribution in [-0.4, -0.2) is 0 Å². The molecular formula is C17H33S. The fourth-order valence-corrected chi connectivity index (χ4v) is 2.48. The third kappa shape index (κ3) is 16.0. The van der Waals surface area contributed by atoms with Gasteiger partial charge in [0.1, 0.15) is 0 Å². The molecule has 107 valence electrons. The average Bonchev–Trinajstić information content (AvgIpc) is 2.39. The lowest BCUT2D eigenvalue weighted by Gasteiger charge is -2.02. The number of hydrogen-bond donors (Lipinski definition) is 0. The normalized spacial score (nSPS) is 11.4. The molecular weight excluding hydrogens is 236 g/mol. The molecule has 0 aromatic carbocycles. The molecule has 0 N–H and O–H groups in total. The van der Waals surface area contributed by atoms with E-state index in [0.717, 1.165) is 0 Å². The molecule has 1 heteroatoms. The van der Waals surface area contributed by atoms with E-state index < -0.39 is 0 Å². The molecule has 1 radical (unpaired) electrons. The van der Waals surface area contributed by atoms with Crippen LogP contribution in [0, 0.1) is 0 Å². The van der Waals surface area contributed by atoms with Gasteiger partial charge in [0, 0.05) is 0 Å². The monoisotopic (exact) mass is 269 g/mol. The Morgan fingerprint density at radius 2 is 1.00 bits per heavy atom. The highest BCUT2D eigenvalue weighted by atomic mass is 32.1. The van der Waals surface area contributed by atoms with Crippen LogP contribution in [0.1, 0.15) is 96.8 Å². The SMILES string of the molecule is CCCCCCCCCCCCCCCC=C[S]. The minimum atomic E-state index is 1.18. The average molecular weight is 270 g/mol. The molecule has 0 heterocycles. The molecule has 0 saturated heterocycles. The number of rotatable bonds is 14. The van der Waals surface area contributed by atoms with Crippen LogP contribution in [0.2, 0.25) is 0 Å². The van der Waals surface area contributed by atoms with Crippen LogP contribution in [0.25, 0.3) is 0 Å². The molecule has 18 heavy (non-hydrogen) atoms. The predicted octanol–water partition coefficient (Wildman–Crippen LogP) is 7.18. The Morgan fingerprint density at radius 1 is 0.611 bits per heavy atom. The predicted molar refractivity (Wildman–Crippen MR) is 87.0 cm³/mol. The van der Waals surface area contributed by atoms with Crippen molar-refractivity contribution in [3.63, 3.8) is 0 Å². The highest BCUT2D eigenvalue weighted by Gasteiger charge is 1.93. The minimum Gasteiger partial charge on any atom is -0.0891 e. The molecule has 0 aromatic heterocycles. The van der Waals surface area contributed by atoms with Crippen molar-refractivity contribution in [3.8, 4) is 0 Å². The second-order valence-corrected chi connectivity index (χ2v) is 5.68. The van der Waals surface area contributed by atoms with Gasteiger partial charge >= 0.3 is 0 Å². The van der Waals surface area contributed by atoms with Crippen LogP contribution < -0.4 is 0 Å². The Labute approximate surface area is 121 Å². The Kier molecular flexibility index (Phi) is 16.9. The van der Waals surface area contributed by atoms with Crippen LogP contribution in [0.3, 0.4) is 0 Å².